The summed E-state index contributed by atoms with van der Waals surface area (Å²) in [4.78, 5) is 9.67. The number of fused-ring (bicyclic) bond motifs is 3. The van der Waals surface area contributed by atoms with Gasteiger partial charge in [0.2, 0.25) is 5.88 Å². The topological polar surface area (TPSA) is 38.2 Å². The first-order chi connectivity index (χ1) is 9.41. The zero-order valence-corrected chi connectivity index (χ0v) is 11.2. The quantitative estimate of drug-likeness (QED) is 0.836. The zero-order chi connectivity index (χ0) is 14.3. The van der Waals surface area contributed by atoms with Crippen molar-refractivity contribution in [2.45, 2.75) is 32.0 Å². The van der Waals surface area contributed by atoms with Crippen LogP contribution in [0.5, 0.6) is 5.88 Å². The van der Waals surface area contributed by atoms with E-state index in [4.69, 9.17) is 4.74 Å². The van der Waals surface area contributed by atoms with Crippen molar-refractivity contribution < 1.29 is 17.9 Å². The lowest BCUT2D eigenvalue weighted by Gasteiger charge is -2.44. The standard InChI is InChI=1S/C13H16F3N3O/c1-8-17-11(13(14,15)16)6-12(18-8)20-10-7-19-4-2-9(10)3-5-19/h6,9-10H,2-5,7H2,1H3. The smallest absolute Gasteiger partial charge is 0.433 e. The summed E-state index contributed by atoms with van der Waals surface area (Å²) in [6, 6.07) is 0.893. The molecular weight excluding hydrogens is 271 g/mol. The molecule has 0 aliphatic carbocycles. The number of nitrogens with zero attached hydrogens (tertiary/aromatic N) is 3. The molecule has 4 nitrogen and oxygen atoms in total. The SMILES string of the molecule is Cc1nc(OC2CN3CCC2CC3)cc(C(F)(F)F)n1. The molecule has 3 fully saturated rings. The van der Waals surface area contributed by atoms with Gasteiger partial charge >= 0.3 is 6.18 Å². The summed E-state index contributed by atoms with van der Waals surface area (Å²) >= 11 is 0. The van der Waals surface area contributed by atoms with Gasteiger partial charge in [0.1, 0.15) is 11.9 Å². The molecule has 0 aromatic carbocycles. The second kappa shape index (κ2) is 4.87. The van der Waals surface area contributed by atoms with E-state index in [-0.39, 0.29) is 17.8 Å². The van der Waals surface area contributed by atoms with Gasteiger partial charge in [-0.1, -0.05) is 0 Å². The third-order valence-corrected chi connectivity index (χ3v) is 3.97. The van der Waals surface area contributed by atoms with Gasteiger partial charge in [-0.25, -0.2) is 4.98 Å². The summed E-state index contributed by atoms with van der Waals surface area (Å²) in [7, 11) is 0. The van der Waals surface area contributed by atoms with Crippen LogP contribution in [0.4, 0.5) is 13.2 Å². The molecule has 2 bridgehead atoms. The summed E-state index contributed by atoms with van der Waals surface area (Å²) < 4.78 is 43.9. The molecule has 0 amide bonds. The van der Waals surface area contributed by atoms with E-state index in [1.807, 2.05) is 0 Å². The molecule has 1 aromatic heterocycles. The second-order valence-electron chi connectivity index (χ2n) is 5.43. The van der Waals surface area contributed by atoms with E-state index in [0.29, 0.717) is 5.92 Å². The summed E-state index contributed by atoms with van der Waals surface area (Å²) in [5.41, 5.74) is -0.943. The van der Waals surface area contributed by atoms with Crippen molar-refractivity contribution in [3.05, 3.63) is 17.6 Å². The molecule has 1 unspecified atom stereocenters. The summed E-state index contributed by atoms with van der Waals surface area (Å²) in [5, 5.41) is 0. The third-order valence-electron chi connectivity index (χ3n) is 3.97. The molecule has 0 saturated carbocycles. The van der Waals surface area contributed by atoms with Gasteiger partial charge in [-0.2, -0.15) is 18.2 Å². The lowest BCUT2D eigenvalue weighted by atomic mass is 9.86. The van der Waals surface area contributed by atoms with E-state index >= 15 is 0 Å². The number of rotatable bonds is 2. The largest absolute Gasteiger partial charge is 0.473 e. The normalized spacial score (nSPS) is 29.5. The van der Waals surface area contributed by atoms with E-state index in [2.05, 4.69) is 14.9 Å². The first-order valence-electron chi connectivity index (χ1n) is 6.74. The van der Waals surface area contributed by atoms with Crippen LogP contribution < -0.4 is 4.74 Å². The van der Waals surface area contributed by atoms with E-state index in [0.717, 1.165) is 38.5 Å². The van der Waals surface area contributed by atoms with Crippen LogP contribution >= 0.6 is 0 Å². The number of aryl methyl sites for hydroxylation is 1. The van der Waals surface area contributed by atoms with Crippen LogP contribution in [0.3, 0.4) is 0 Å². The molecule has 4 rings (SSSR count). The van der Waals surface area contributed by atoms with Gasteiger partial charge in [0.15, 0.2) is 5.69 Å². The van der Waals surface area contributed by atoms with Crippen LogP contribution in [0.25, 0.3) is 0 Å². The van der Waals surface area contributed by atoms with Crippen molar-refractivity contribution in [2.75, 3.05) is 19.6 Å². The van der Waals surface area contributed by atoms with E-state index in [1.54, 1.807) is 0 Å². The number of halogens is 3. The molecule has 3 aliphatic heterocycles. The molecule has 1 atom stereocenters. The minimum Gasteiger partial charge on any atom is -0.473 e. The molecule has 4 heterocycles. The van der Waals surface area contributed by atoms with Gasteiger partial charge in [0, 0.05) is 12.6 Å². The van der Waals surface area contributed by atoms with Crippen molar-refractivity contribution >= 4 is 0 Å². The van der Waals surface area contributed by atoms with Crippen LogP contribution in [0.1, 0.15) is 24.4 Å². The minimum absolute atomic E-state index is 0.0311. The number of piperidine rings is 3. The lowest BCUT2D eigenvalue weighted by Crippen LogP contribution is -2.52. The van der Waals surface area contributed by atoms with Crippen LogP contribution in [-0.4, -0.2) is 40.6 Å². The average molecular weight is 287 g/mol. The van der Waals surface area contributed by atoms with Gasteiger partial charge in [-0.05, 0) is 38.8 Å². The van der Waals surface area contributed by atoms with Crippen molar-refractivity contribution in [1.29, 1.82) is 0 Å². The molecule has 0 radical (unpaired) electrons. The van der Waals surface area contributed by atoms with Crippen molar-refractivity contribution in [3.8, 4) is 5.88 Å². The number of hydrogen-bond acceptors (Lipinski definition) is 4. The van der Waals surface area contributed by atoms with Crippen molar-refractivity contribution in [1.82, 2.24) is 14.9 Å². The monoisotopic (exact) mass is 287 g/mol. The summed E-state index contributed by atoms with van der Waals surface area (Å²) in [5.74, 6) is 0.532. The number of aromatic nitrogens is 2. The Kier molecular flexibility index (Phi) is 3.32. The van der Waals surface area contributed by atoms with E-state index in [9.17, 15) is 13.2 Å². The fraction of sp³-hybridized carbons (Fsp3) is 0.692. The zero-order valence-electron chi connectivity index (χ0n) is 11.2. The third kappa shape index (κ3) is 2.72. The number of alkyl halides is 3. The first-order valence-corrected chi connectivity index (χ1v) is 6.74. The Hall–Kier alpha value is -1.37. The fourth-order valence-electron chi connectivity index (χ4n) is 2.95. The summed E-state index contributed by atoms with van der Waals surface area (Å²) in [6.07, 6.45) is -2.45. The van der Waals surface area contributed by atoms with Crippen molar-refractivity contribution in [2.24, 2.45) is 5.92 Å². The molecule has 110 valence electrons. The first kappa shape index (κ1) is 13.6. The van der Waals surface area contributed by atoms with E-state index < -0.39 is 11.9 Å². The number of ether oxygens (including phenoxy) is 1. The molecular formula is C13H16F3N3O. The molecule has 0 N–H and O–H groups in total. The fourth-order valence-corrected chi connectivity index (χ4v) is 2.95. The number of hydrogen-bond donors (Lipinski definition) is 0. The average Bonchev–Trinajstić information content (AvgIpc) is 2.38. The molecule has 7 heteroatoms. The maximum atomic E-state index is 12.7. The molecule has 1 aromatic rings. The van der Waals surface area contributed by atoms with Crippen molar-refractivity contribution in [3.63, 3.8) is 0 Å². The maximum absolute atomic E-state index is 12.7. The Balaban J connectivity index is 1.79. The highest BCUT2D eigenvalue weighted by molar-refractivity contribution is 5.19. The Morgan fingerprint density at radius 2 is 1.95 bits per heavy atom. The predicted molar refractivity (Wildman–Crippen MR) is 65.4 cm³/mol. The highest BCUT2D eigenvalue weighted by atomic mass is 19.4. The van der Waals surface area contributed by atoms with Gasteiger partial charge in [-0.3, -0.25) is 4.90 Å². The summed E-state index contributed by atoms with van der Waals surface area (Å²) in [6.45, 7) is 4.33. The Morgan fingerprint density at radius 1 is 1.25 bits per heavy atom. The van der Waals surface area contributed by atoms with Gasteiger partial charge in [0.05, 0.1) is 0 Å². The van der Waals surface area contributed by atoms with Gasteiger partial charge in [0.25, 0.3) is 0 Å². The Bertz CT molecular complexity index is 498. The van der Waals surface area contributed by atoms with Crippen LogP contribution in [0.15, 0.2) is 6.07 Å². The predicted octanol–water partition coefficient (Wildman–Crippen LogP) is 2.28. The Labute approximate surface area is 115 Å². The lowest BCUT2D eigenvalue weighted by molar-refractivity contribution is -0.141. The molecule has 3 aliphatic rings. The van der Waals surface area contributed by atoms with Gasteiger partial charge in [-0.15, -0.1) is 0 Å². The van der Waals surface area contributed by atoms with Crippen LogP contribution in [0, 0.1) is 12.8 Å². The minimum atomic E-state index is -4.47. The molecule has 0 spiro atoms. The second-order valence-corrected chi connectivity index (χ2v) is 5.43. The molecule has 20 heavy (non-hydrogen) atoms. The van der Waals surface area contributed by atoms with Crippen LogP contribution in [0.2, 0.25) is 0 Å². The highest BCUT2D eigenvalue weighted by Crippen LogP contribution is 2.32. The van der Waals surface area contributed by atoms with E-state index in [1.165, 1.54) is 6.92 Å². The Morgan fingerprint density at radius 3 is 2.50 bits per heavy atom. The maximum Gasteiger partial charge on any atom is 0.433 e. The highest BCUT2D eigenvalue weighted by Gasteiger charge is 2.37. The molecule has 3 saturated heterocycles. The van der Waals surface area contributed by atoms with Crippen LogP contribution in [-0.2, 0) is 6.18 Å². The van der Waals surface area contributed by atoms with Gasteiger partial charge < -0.3 is 4.74 Å².